The van der Waals surface area contributed by atoms with Gasteiger partial charge in [-0.3, -0.25) is 4.79 Å². The van der Waals surface area contributed by atoms with Crippen LogP contribution in [-0.4, -0.2) is 23.5 Å². The molecule has 1 unspecified atom stereocenters. The van der Waals surface area contributed by atoms with Crippen LogP contribution in [0.3, 0.4) is 0 Å². The maximum Gasteiger partial charge on any atom is 0.242 e. The van der Waals surface area contributed by atoms with E-state index >= 15 is 0 Å². The summed E-state index contributed by atoms with van der Waals surface area (Å²) in [5.74, 6) is 0.583. The van der Waals surface area contributed by atoms with E-state index in [0.29, 0.717) is 18.1 Å². The molecule has 0 aliphatic heterocycles. The van der Waals surface area contributed by atoms with E-state index in [1.165, 1.54) is 0 Å². The molecule has 17 heavy (non-hydrogen) atoms. The highest BCUT2D eigenvalue weighted by Gasteiger charge is 2.12. The summed E-state index contributed by atoms with van der Waals surface area (Å²) >= 11 is 0. The number of nitrogen functional groups attached to an aromatic ring is 1. The summed E-state index contributed by atoms with van der Waals surface area (Å²) in [7, 11) is 0. The SMILES string of the molecule is CCCNC(=O)C(C)Nc1cc(N)c(C)cn1. The maximum atomic E-state index is 11.6. The van der Waals surface area contributed by atoms with Gasteiger partial charge in [0, 0.05) is 24.5 Å². The van der Waals surface area contributed by atoms with Gasteiger partial charge < -0.3 is 16.4 Å². The molecule has 4 N–H and O–H groups in total. The van der Waals surface area contributed by atoms with E-state index in [0.717, 1.165) is 12.0 Å². The van der Waals surface area contributed by atoms with Crippen molar-refractivity contribution in [3.8, 4) is 0 Å². The number of nitrogens with two attached hydrogens (primary N) is 1. The molecule has 0 bridgehead atoms. The van der Waals surface area contributed by atoms with Gasteiger partial charge in [0.25, 0.3) is 0 Å². The Hall–Kier alpha value is -1.78. The number of anilines is 2. The molecule has 0 radical (unpaired) electrons. The first kappa shape index (κ1) is 13.3. The van der Waals surface area contributed by atoms with Gasteiger partial charge in [-0.1, -0.05) is 6.92 Å². The second-order valence-corrected chi connectivity index (χ2v) is 4.08. The fourth-order valence-electron chi connectivity index (χ4n) is 1.31. The molecular weight excluding hydrogens is 216 g/mol. The Labute approximate surface area is 102 Å². The van der Waals surface area contributed by atoms with Crippen molar-refractivity contribution in [1.29, 1.82) is 0 Å². The van der Waals surface area contributed by atoms with Crippen molar-refractivity contribution in [3.05, 3.63) is 17.8 Å². The molecule has 1 heterocycles. The Morgan fingerprint density at radius 1 is 1.59 bits per heavy atom. The Balaban J connectivity index is 2.58. The van der Waals surface area contributed by atoms with Gasteiger partial charge in [0.05, 0.1) is 0 Å². The van der Waals surface area contributed by atoms with Crippen molar-refractivity contribution >= 4 is 17.4 Å². The third-order valence-electron chi connectivity index (χ3n) is 2.45. The van der Waals surface area contributed by atoms with Crippen LogP contribution >= 0.6 is 0 Å². The molecule has 0 aliphatic rings. The molecule has 1 rings (SSSR count). The molecule has 1 amide bonds. The zero-order chi connectivity index (χ0) is 12.8. The highest BCUT2D eigenvalue weighted by Crippen LogP contribution is 2.14. The lowest BCUT2D eigenvalue weighted by Gasteiger charge is -2.14. The topological polar surface area (TPSA) is 80.0 Å². The third-order valence-corrected chi connectivity index (χ3v) is 2.45. The number of rotatable bonds is 5. The molecule has 1 aromatic heterocycles. The van der Waals surface area contributed by atoms with E-state index in [1.54, 1.807) is 19.2 Å². The van der Waals surface area contributed by atoms with Gasteiger partial charge in [0.15, 0.2) is 0 Å². The number of amides is 1. The van der Waals surface area contributed by atoms with Crippen LogP contribution in [0.4, 0.5) is 11.5 Å². The minimum Gasteiger partial charge on any atom is -0.398 e. The lowest BCUT2D eigenvalue weighted by Crippen LogP contribution is -2.38. The highest BCUT2D eigenvalue weighted by atomic mass is 16.2. The number of carbonyl (C=O) groups excluding carboxylic acids is 1. The number of nitrogens with zero attached hydrogens (tertiary/aromatic N) is 1. The lowest BCUT2D eigenvalue weighted by molar-refractivity contribution is -0.121. The number of pyridine rings is 1. The van der Waals surface area contributed by atoms with Crippen molar-refractivity contribution in [3.63, 3.8) is 0 Å². The van der Waals surface area contributed by atoms with Crippen LogP contribution in [-0.2, 0) is 4.79 Å². The van der Waals surface area contributed by atoms with Gasteiger partial charge in [-0.2, -0.15) is 0 Å². The van der Waals surface area contributed by atoms with Gasteiger partial charge in [-0.05, 0) is 25.8 Å². The van der Waals surface area contributed by atoms with E-state index < -0.39 is 0 Å². The van der Waals surface area contributed by atoms with Gasteiger partial charge >= 0.3 is 0 Å². The van der Waals surface area contributed by atoms with Crippen LogP contribution in [0, 0.1) is 6.92 Å². The van der Waals surface area contributed by atoms with E-state index in [1.807, 2.05) is 13.8 Å². The highest BCUT2D eigenvalue weighted by molar-refractivity contribution is 5.83. The molecule has 0 aliphatic carbocycles. The van der Waals surface area contributed by atoms with E-state index in [9.17, 15) is 4.79 Å². The Bertz CT molecular complexity index is 392. The number of carbonyl (C=O) groups is 1. The van der Waals surface area contributed by atoms with Crippen LogP contribution in [0.25, 0.3) is 0 Å². The third kappa shape index (κ3) is 3.94. The first-order valence-electron chi connectivity index (χ1n) is 5.81. The van der Waals surface area contributed by atoms with Gasteiger partial charge in [0.1, 0.15) is 11.9 Å². The smallest absolute Gasteiger partial charge is 0.242 e. The lowest BCUT2D eigenvalue weighted by atomic mass is 10.2. The van der Waals surface area contributed by atoms with Crippen LogP contribution < -0.4 is 16.4 Å². The molecule has 0 spiro atoms. The number of aryl methyl sites for hydroxylation is 1. The number of hydrogen-bond donors (Lipinski definition) is 3. The maximum absolute atomic E-state index is 11.6. The first-order chi connectivity index (χ1) is 8.04. The average molecular weight is 236 g/mol. The molecule has 0 saturated heterocycles. The Kier molecular flexibility index (Phi) is 4.75. The minimum atomic E-state index is -0.323. The minimum absolute atomic E-state index is 0.0344. The predicted molar refractivity (Wildman–Crippen MR) is 69.8 cm³/mol. The van der Waals surface area contributed by atoms with E-state index in [4.69, 9.17) is 5.73 Å². The summed E-state index contributed by atoms with van der Waals surface area (Å²) in [6.45, 7) is 6.39. The summed E-state index contributed by atoms with van der Waals surface area (Å²) in [6, 6.07) is 1.41. The predicted octanol–water partition coefficient (Wildman–Crippen LogP) is 1.30. The number of hydrogen-bond acceptors (Lipinski definition) is 4. The molecule has 0 fully saturated rings. The quantitative estimate of drug-likeness (QED) is 0.720. The largest absolute Gasteiger partial charge is 0.398 e. The Morgan fingerprint density at radius 3 is 2.88 bits per heavy atom. The fraction of sp³-hybridized carbons (Fsp3) is 0.500. The molecule has 94 valence electrons. The van der Waals surface area contributed by atoms with Crippen LogP contribution in [0.15, 0.2) is 12.3 Å². The molecule has 0 aromatic carbocycles. The number of aromatic nitrogens is 1. The second-order valence-electron chi connectivity index (χ2n) is 4.08. The van der Waals surface area contributed by atoms with Crippen LogP contribution in [0.1, 0.15) is 25.8 Å². The molecule has 1 aromatic rings. The summed E-state index contributed by atoms with van der Waals surface area (Å²) in [5, 5.41) is 5.83. The molecule has 1 atom stereocenters. The van der Waals surface area contributed by atoms with E-state index in [-0.39, 0.29) is 11.9 Å². The fourth-order valence-corrected chi connectivity index (χ4v) is 1.31. The average Bonchev–Trinajstić information content (AvgIpc) is 2.30. The summed E-state index contributed by atoms with van der Waals surface area (Å²) in [5.41, 5.74) is 7.37. The zero-order valence-corrected chi connectivity index (χ0v) is 10.6. The molecule has 5 nitrogen and oxygen atoms in total. The van der Waals surface area contributed by atoms with Crippen LogP contribution in [0.5, 0.6) is 0 Å². The van der Waals surface area contributed by atoms with Crippen molar-refractivity contribution in [1.82, 2.24) is 10.3 Å². The van der Waals surface area contributed by atoms with Crippen molar-refractivity contribution < 1.29 is 4.79 Å². The monoisotopic (exact) mass is 236 g/mol. The summed E-state index contributed by atoms with van der Waals surface area (Å²) in [4.78, 5) is 15.8. The van der Waals surface area contributed by atoms with Crippen LogP contribution in [0.2, 0.25) is 0 Å². The van der Waals surface area contributed by atoms with Crippen molar-refractivity contribution in [2.75, 3.05) is 17.6 Å². The normalized spacial score (nSPS) is 11.9. The van der Waals surface area contributed by atoms with Gasteiger partial charge in [-0.25, -0.2) is 4.98 Å². The van der Waals surface area contributed by atoms with Gasteiger partial charge in [0.2, 0.25) is 5.91 Å². The Morgan fingerprint density at radius 2 is 2.29 bits per heavy atom. The van der Waals surface area contributed by atoms with Crippen molar-refractivity contribution in [2.45, 2.75) is 33.2 Å². The first-order valence-corrected chi connectivity index (χ1v) is 5.81. The second kappa shape index (κ2) is 6.08. The summed E-state index contributed by atoms with van der Waals surface area (Å²) < 4.78 is 0. The molecule has 5 heteroatoms. The summed E-state index contributed by atoms with van der Waals surface area (Å²) in [6.07, 6.45) is 2.61. The van der Waals surface area contributed by atoms with Crippen molar-refractivity contribution in [2.24, 2.45) is 0 Å². The molecular formula is C12H20N4O. The van der Waals surface area contributed by atoms with E-state index in [2.05, 4.69) is 15.6 Å². The molecule has 0 saturated carbocycles. The number of nitrogens with one attached hydrogen (secondary N) is 2. The van der Waals surface area contributed by atoms with Gasteiger partial charge in [-0.15, -0.1) is 0 Å². The standard InChI is InChI=1S/C12H20N4O/c1-4-5-14-12(17)9(3)16-11-6-10(13)8(2)7-15-11/h6-7,9H,4-5H2,1-3H3,(H,14,17)(H3,13,15,16). The zero-order valence-electron chi connectivity index (χ0n) is 10.6.